The summed E-state index contributed by atoms with van der Waals surface area (Å²) in [7, 11) is 0. The van der Waals surface area contributed by atoms with Crippen LogP contribution in [0.25, 0.3) is 69.3 Å². The van der Waals surface area contributed by atoms with Gasteiger partial charge < -0.3 is 0 Å². The summed E-state index contributed by atoms with van der Waals surface area (Å²) in [6.07, 6.45) is 1.89. The summed E-state index contributed by atoms with van der Waals surface area (Å²) in [6.45, 7) is 0. The Hall–Kier alpha value is -4.21. The average Bonchev–Trinajstić information content (AvgIpc) is 3.46. The molecule has 0 fully saturated rings. The van der Waals surface area contributed by atoms with Crippen molar-refractivity contribution < 1.29 is 0 Å². The van der Waals surface area contributed by atoms with Gasteiger partial charge in [0.25, 0.3) is 0 Å². The molecule has 0 atom stereocenters. The maximum absolute atomic E-state index is 4.84. The third kappa shape index (κ3) is 2.27. The van der Waals surface area contributed by atoms with Crippen molar-refractivity contribution in [2.24, 2.45) is 0 Å². The largest absolute Gasteiger partial charge is 0.292 e. The van der Waals surface area contributed by atoms with E-state index in [1.165, 1.54) is 63.5 Å². The van der Waals surface area contributed by atoms with E-state index in [0.717, 1.165) is 5.82 Å². The number of hydrogen-bond acceptors (Lipinski definition) is 2. The molecule has 5 aromatic carbocycles. The van der Waals surface area contributed by atoms with Gasteiger partial charge in [-0.25, -0.2) is 4.98 Å². The monoisotopic (exact) mass is 450 g/mol. The van der Waals surface area contributed by atoms with Crippen LogP contribution in [0.1, 0.15) is 0 Å². The molecule has 8 aromatic rings. The van der Waals surface area contributed by atoms with Crippen LogP contribution in [-0.4, -0.2) is 9.55 Å². The van der Waals surface area contributed by atoms with E-state index in [9.17, 15) is 0 Å². The van der Waals surface area contributed by atoms with Crippen LogP contribution in [0.5, 0.6) is 0 Å². The van der Waals surface area contributed by atoms with E-state index in [4.69, 9.17) is 4.98 Å². The predicted molar refractivity (Wildman–Crippen MR) is 146 cm³/mol. The Morgan fingerprint density at radius 1 is 0.500 bits per heavy atom. The lowest BCUT2D eigenvalue weighted by Crippen LogP contribution is -1.97. The topological polar surface area (TPSA) is 17.8 Å². The van der Waals surface area contributed by atoms with Crippen LogP contribution in [0.2, 0.25) is 0 Å². The number of aromatic nitrogens is 2. The zero-order valence-corrected chi connectivity index (χ0v) is 19.0. The molecule has 0 aliphatic rings. The summed E-state index contributed by atoms with van der Waals surface area (Å²) in [4.78, 5) is 4.84. The van der Waals surface area contributed by atoms with E-state index < -0.39 is 0 Å². The number of thiophene rings is 1. The molecule has 158 valence electrons. The highest BCUT2D eigenvalue weighted by Gasteiger charge is 2.22. The number of rotatable bonds is 1. The van der Waals surface area contributed by atoms with Crippen molar-refractivity contribution in [3.05, 3.63) is 109 Å². The average molecular weight is 451 g/mol. The summed E-state index contributed by atoms with van der Waals surface area (Å²) in [5.41, 5.74) is 2.47. The molecule has 0 N–H and O–H groups in total. The number of fused-ring (bicyclic) bond motifs is 12. The molecule has 0 saturated heterocycles. The molecular weight excluding hydrogens is 432 g/mol. The summed E-state index contributed by atoms with van der Waals surface area (Å²) < 4.78 is 5.03. The van der Waals surface area contributed by atoms with E-state index in [-0.39, 0.29) is 0 Å². The molecule has 8 rings (SSSR count). The van der Waals surface area contributed by atoms with Crippen LogP contribution >= 0.6 is 11.3 Å². The fourth-order valence-corrected chi connectivity index (χ4v) is 6.89. The fourth-order valence-electron chi connectivity index (χ4n) is 5.65. The molecule has 0 saturated carbocycles. The Morgan fingerprint density at radius 2 is 1.15 bits per heavy atom. The number of pyridine rings is 1. The zero-order valence-electron chi connectivity index (χ0n) is 18.2. The van der Waals surface area contributed by atoms with Crippen molar-refractivity contribution in [1.29, 1.82) is 0 Å². The molecule has 34 heavy (non-hydrogen) atoms. The van der Waals surface area contributed by atoms with E-state index in [0.29, 0.717) is 0 Å². The van der Waals surface area contributed by atoms with Gasteiger partial charge in [0, 0.05) is 37.8 Å². The van der Waals surface area contributed by atoms with E-state index in [1.807, 2.05) is 23.6 Å². The predicted octanol–water partition coefficient (Wildman–Crippen LogP) is 8.85. The van der Waals surface area contributed by atoms with Crippen LogP contribution in [-0.2, 0) is 0 Å². The molecule has 3 heterocycles. The van der Waals surface area contributed by atoms with Gasteiger partial charge in [-0.3, -0.25) is 4.57 Å². The second kappa shape index (κ2) is 6.66. The van der Waals surface area contributed by atoms with Gasteiger partial charge in [-0.15, -0.1) is 11.3 Å². The lowest BCUT2D eigenvalue weighted by atomic mass is 9.96. The minimum Gasteiger partial charge on any atom is -0.292 e. The van der Waals surface area contributed by atoms with E-state index in [2.05, 4.69) is 102 Å². The number of hydrogen-bond donors (Lipinski definition) is 0. The Kier molecular flexibility index (Phi) is 3.57. The quantitative estimate of drug-likeness (QED) is 0.228. The van der Waals surface area contributed by atoms with Crippen LogP contribution in [0.3, 0.4) is 0 Å². The summed E-state index contributed by atoms with van der Waals surface area (Å²) >= 11 is 1.88. The number of benzene rings is 5. The molecule has 0 aliphatic carbocycles. The fraction of sp³-hybridized carbons (Fsp3) is 0. The molecular formula is C31H18N2S. The van der Waals surface area contributed by atoms with Gasteiger partial charge in [0.1, 0.15) is 5.82 Å². The van der Waals surface area contributed by atoms with Gasteiger partial charge in [-0.05, 0) is 34.4 Å². The summed E-state index contributed by atoms with van der Waals surface area (Å²) in [5.74, 6) is 0.952. The van der Waals surface area contributed by atoms with Crippen molar-refractivity contribution in [1.82, 2.24) is 9.55 Å². The lowest BCUT2D eigenvalue weighted by molar-refractivity contribution is 1.09. The van der Waals surface area contributed by atoms with Crippen molar-refractivity contribution in [3.8, 4) is 5.82 Å². The second-order valence-electron chi connectivity index (χ2n) is 8.77. The van der Waals surface area contributed by atoms with Gasteiger partial charge in [0.15, 0.2) is 0 Å². The number of nitrogens with zero attached hydrogens (tertiary/aromatic N) is 2. The van der Waals surface area contributed by atoms with Crippen LogP contribution in [0.4, 0.5) is 0 Å². The molecule has 3 aromatic heterocycles. The molecule has 0 bridgehead atoms. The first kappa shape index (κ1) is 18.2. The maximum Gasteiger partial charge on any atom is 0.137 e. The molecule has 0 amide bonds. The first-order valence-electron chi connectivity index (χ1n) is 11.5. The van der Waals surface area contributed by atoms with Crippen molar-refractivity contribution >= 4 is 74.9 Å². The van der Waals surface area contributed by atoms with E-state index in [1.54, 1.807) is 0 Å². The van der Waals surface area contributed by atoms with Gasteiger partial charge in [0.2, 0.25) is 0 Å². The molecule has 0 radical (unpaired) electrons. The zero-order chi connectivity index (χ0) is 22.2. The van der Waals surface area contributed by atoms with Crippen LogP contribution in [0, 0.1) is 0 Å². The standard InChI is InChI=1S/C31H18N2S/c1-3-12-22-19(9-1)20-10-2-4-13-23(20)29-28(22)25-17-16-24-21-11-5-6-14-26(21)34-31(24)30(25)33(29)27-15-7-8-18-32-27/h1-18H. The Balaban J connectivity index is 1.76. The van der Waals surface area contributed by atoms with Crippen molar-refractivity contribution in [2.45, 2.75) is 0 Å². The third-order valence-electron chi connectivity index (χ3n) is 7.02. The van der Waals surface area contributed by atoms with E-state index >= 15 is 0 Å². The van der Waals surface area contributed by atoms with Crippen LogP contribution in [0.15, 0.2) is 109 Å². The van der Waals surface area contributed by atoms with Gasteiger partial charge >= 0.3 is 0 Å². The van der Waals surface area contributed by atoms with Gasteiger partial charge in [0.05, 0.1) is 15.7 Å². The highest BCUT2D eigenvalue weighted by Crippen LogP contribution is 2.46. The lowest BCUT2D eigenvalue weighted by Gasteiger charge is -2.11. The summed E-state index contributed by atoms with van der Waals surface area (Å²) in [6, 6.07) is 37.1. The first-order chi connectivity index (χ1) is 16.9. The second-order valence-corrected chi connectivity index (χ2v) is 9.83. The summed E-state index contributed by atoms with van der Waals surface area (Å²) in [5, 5.41) is 10.3. The Morgan fingerprint density at radius 3 is 1.94 bits per heavy atom. The van der Waals surface area contributed by atoms with Gasteiger partial charge in [-0.1, -0.05) is 84.9 Å². The SMILES string of the molecule is c1ccc(-n2c3c(ccc4c5ccccc5sc43)c3c4ccccc4c4ccccc4c32)nc1. The Bertz CT molecular complexity index is 2060. The van der Waals surface area contributed by atoms with Crippen LogP contribution < -0.4 is 0 Å². The highest BCUT2D eigenvalue weighted by molar-refractivity contribution is 7.26. The Labute approximate surface area is 199 Å². The van der Waals surface area contributed by atoms with Crippen molar-refractivity contribution in [2.75, 3.05) is 0 Å². The maximum atomic E-state index is 4.84. The third-order valence-corrected chi connectivity index (χ3v) is 8.21. The van der Waals surface area contributed by atoms with Gasteiger partial charge in [-0.2, -0.15) is 0 Å². The smallest absolute Gasteiger partial charge is 0.137 e. The minimum atomic E-state index is 0.952. The van der Waals surface area contributed by atoms with Crippen molar-refractivity contribution in [3.63, 3.8) is 0 Å². The molecule has 0 unspecified atom stereocenters. The highest BCUT2D eigenvalue weighted by atomic mass is 32.1. The normalized spacial score (nSPS) is 12.1. The molecule has 3 heteroatoms. The first-order valence-corrected chi connectivity index (χ1v) is 12.3. The molecule has 0 aliphatic heterocycles. The molecule has 2 nitrogen and oxygen atoms in total. The minimum absolute atomic E-state index is 0.952. The molecule has 0 spiro atoms.